The molecule has 1 saturated heterocycles. The highest BCUT2D eigenvalue weighted by Crippen LogP contribution is 2.18. The molecule has 0 aromatic carbocycles. The predicted octanol–water partition coefficient (Wildman–Crippen LogP) is 0.759. The number of carbonyl (C=O) groups is 1. The van der Waals surface area contributed by atoms with Gasteiger partial charge in [-0.3, -0.25) is 9.48 Å². The first-order valence-corrected chi connectivity index (χ1v) is 6.96. The number of amides is 1. The summed E-state index contributed by atoms with van der Waals surface area (Å²) in [5.41, 5.74) is 2.23. The lowest BCUT2D eigenvalue weighted by atomic mass is 10.1. The fraction of sp³-hybridized carbons (Fsp3) is 0.500. The number of pyridine rings is 1. The first-order chi connectivity index (χ1) is 9.65. The maximum absolute atomic E-state index is 12.5. The summed E-state index contributed by atoms with van der Waals surface area (Å²) in [7, 11) is 1.83. The van der Waals surface area contributed by atoms with Crippen molar-refractivity contribution in [1.82, 2.24) is 25.4 Å². The molecule has 6 nitrogen and oxygen atoms in total. The van der Waals surface area contributed by atoms with Crippen LogP contribution in [-0.4, -0.2) is 39.8 Å². The molecule has 2 aromatic heterocycles. The summed E-state index contributed by atoms with van der Waals surface area (Å²) in [5.74, 6) is -0.0396. The molecule has 0 saturated carbocycles. The summed E-state index contributed by atoms with van der Waals surface area (Å²) in [6.45, 7) is 3.77. The van der Waals surface area contributed by atoms with Crippen LogP contribution in [-0.2, 0) is 7.05 Å². The van der Waals surface area contributed by atoms with E-state index in [-0.39, 0.29) is 11.9 Å². The number of carbonyl (C=O) groups excluding carboxylic acids is 1. The number of hydrogen-bond acceptors (Lipinski definition) is 4. The molecule has 0 bridgehead atoms. The summed E-state index contributed by atoms with van der Waals surface area (Å²) in [6, 6.07) is 2.03. The Morgan fingerprint density at radius 3 is 3.15 bits per heavy atom. The van der Waals surface area contributed by atoms with Crippen LogP contribution in [0.2, 0.25) is 0 Å². The van der Waals surface area contributed by atoms with Crippen molar-refractivity contribution in [3.63, 3.8) is 0 Å². The number of nitrogens with zero attached hydrogens (tertiary/aromatic N) is 3. The maximum Gasteiger partial charge on any atom is 0.252 e. The summed E-state index contributed by atoms with van der Waals surface area (Å²) in [5, 5.41) is 11.4. The van der Waals surface area contributed by atoms with Crippen molar-refractivity contribution in [2.45, 2.75) is 25.8 Å². The Morgan fingerprint density at radius 2 is 2.40 bits per heavy atom. The van der Waals surface area contributed by atoms with Crippen molar-refractivity contribution in [2.24, 2.45) is 7.05 Å². The van der Waals surface area contributed by atoms with Crippen LogP contribution in [0, 0.1) is 6.92 Å². The molecule has 1 fully saturated rings. The molecule has 20 heavy (non-hydrogen) atoms. The standard InChI is InChI=1S/C14H19N5O/c1-9-6-11(12-8-16-19(2)13(12)17-9)14(20)18-10-4-3-5-15-7-10/h6,8,10,15H,3-5,7H2,1-2H3,(H,18,20)/t10-/m0/s1. The lowest BCUT2D eigenvalue weighted by molar-refractivity contribution is 0.0932. The first kappa shape index (κ1) is 13.1. The number of aromatic nitrogens is 3. The second-order valence-corrected chi connectivity index (χ2v) is 5.33. The average molecular weight is 273 g/mol. The minimum atomic E-state index is -0.0396. The van der Waals surface area contributed by atoms with Gasteiger partial charge in [-0.25, -0.2) is 4.98 Å². The van der Waals surface area contributed by atoms with Gasteiger partial charge in [0.1, 0.15) is 0 Å². The van der Waals surface area contributed by atoms with Crippen LogP contribution < -0.4 is 10.6 Å². The zero-order valence-electron chi connectivity index (χ0n) is 11.8. The van der Waals surface area contributed by atoms with Gasteiger partial charge in [-0.1, -0.05) is 0 Å². The van der Waals surface area contributed by atoms with Crippen molar-refractivity contribution < 1.29 is 4.79 Å². The lowest BCUT2D eigenvalue weighted by Crippen LogP contribution is -2.45. The van der Waals surface area contributed by atoms with Gasteiger partial charge < -0.3 is 10.6 Å². The Hall–Kier alpha value is -1.95. The summed E-state index contributed by atoms with van der Waals surface area (Å²) >= 11 is 0. The third-order valence-electron chi connectivity index (χ3n) is 3.71. The fourth-order valence-corrected chi connectivity index (χ4v) is 2.67. The monoisotopic (exact) mass is 273 g/mol. The second kappa shape index (κ2) is 5.20. The topological polar surface area (TPSA) is 71.8 Å². The smallest absolute Gasteiger partial charge is 0.252 e. The molecule has 0 spiro atoms. The Labute approximate surface area is 117 Å². The Morgan fingerprint density at radius 1 is 1.55 bits per heavy atom. The van der Waals surface area contributed by atoms with Crippen molar-refractivity contribution in [3.05, 3.63) is 23.5 Å². The van der Waals surface area contributed by atoms with E-state index in [2.05, 4.69) is 20.7 Å². The van der Waals surface area contributed by atoms with Crippen LogP contribution in [0.5, 0.6) is 0 Å². The molecule has 0 radical (unpaired) electrons. The molecule has 6 heteroatoms. The van der Waals surface area contributed by atoms with E-state index in [0.717, 1.165) is 42.7 Å². The van der Waals surface area contributed by atoms with Gasteiger partial charge >= 0.3 is 0 Å². The Kier molecular flexibility index (Phi) is 3.40. The maximum atomic E-state index is 12.5. The van der Waals surface area contributed by atoms with Gasteiger partial charge in [0, 0.05) is 25.3 Å². The highest BCUT2D eigenvalue weighted by molar-refractivity contribution is 6.05. The average Bonchev–Trinajstić information content (AvgIpc) is 2.81. The third kappa shape index (κ3) is 2.38. The summed E-state index contributed by atoms with van der Waals surface area (Å²) in [4.78, 5) is 16.9. The molecule has 3 heterocycles. The van der Waals surface area contributed by atoms with Crippen LogP contribution in [0.3, 0.4) is 0 Å². The molecule has 2 aromatic rings. The highest BCUT2D eigenvalue weighted by atomic mass is 16.1. The second-order valence-electron chi connectivity index (χ2n) is 5.33. The summed E-state index contributed by atoms with van der Waals surface area (Å²) < 4.78 is 1.70. The number of aryl methyl sites for hydroxylation is 2. The number of nitrogens with one attached hydrogen (secondary N) is 2. The minimum Gasteiger partial charge on any atom is -0.348 e. The van der Waals surface area contributed by atoms with E-state index in [4.69, 9.17) is 0 Å². The SMILES string of the molecule is Cc1cc(C(=O)N[C@H]2CCCNC2)c2cnn(C)c2n1. The number of rotatable bonds is 2. The van der Waals surface area contributed by atoms with E-state index in [0.29, 0.717) is 5.56 Å². The molecule has 2 N–H and O–H groups in total. The molecule has 0 unspecified atom stereocenters. The number of fused-ring (bicyclic) bond motifs is 1. The van der Waals surface area contributed by atoms with E-state index in [1.54, 1.807) is 10.9 Å². The molecule has 1 aliphatic rings. The van der Waals surface area contributed by atoms with Crippen molar-refractivity contribution >= 4 is 16.9 Å². The molecule has 0 aliphatic carbocycles. The van der Waals surface area contributed by atoms with Crippen LogP contribution >= 0.6 is 0 Å². The van der Waals surface area contributed by atoms with E-state index in [1.165, 1.54) is 0 Å². The first-order valence-electron chi connectivity index (χ1n) is 6.96. The van der Waals surface area contributed by atoms with Gasteiger partial charge in [-0.15, -0.1) is 0 Å². The van der Waals surface area contributed by atoms with Crippen molar-refractivity contribution in [2.75, 3.05) is 13.1 Å². The number of piperidine rings is 1. The van der Waals surface area contributed by atoms with Crippen LogP contribution in [0.25, 0.3) is 11.0 Å². The van der Waals surface area contributed by atoms with E-state index < -0.39 is 0 Å². The van der Waals surface area contributed by atoms with Crippen LogP contribution in [0.15, 0.2) is 12.3 Å². The van der Waals surface area contributed by atoms with Gasteiger partial charge in [0.25, 0.3) is 5.91 Å². The molecule has 106 valence electrons. The molecular formula is C14H19N5O. The fourth-order valence-electron chi connectivity index (χ4n) is 2.67. The molecule has 1 aliphatic heterocycles. The largest absolute Gasteiger partial charge is 0.348 e. The quantitative estimate of drug-likeness (QED) is 0.847. The van der Waals surface area contributed by atoms with Gasteiger partial charge in [0.15, 0.2) is 5.65 Å². The Balaban J connectivity index is 1.90. The minimum absolute atomic E-state index is 0.0396. The van der Waals surface area contributed by atoms with E-state index in [9.17, 15) is 4.79 Å². The zero-order chi connectivity index (χ0) is 14.1. The summed E-state index contributed by atoms with van der Waals surface area (Å²) in [6.07, 6.45) is 3.83. The zero-order valence-corrected chi connectivity index (χ0v) is 11.8. The van der Waals surface area contributed by atoms with Crippen molar-refractivity contribution in [1.29, 1.82) is 0 Å². The van der Waals surface area contributed by atoms with E-state index >= 15 is 0 Å². The Bertz CT molecular complexity index is 642. The number of hydrogen-bond donors (Lipinski definition) is 2. The lowest BCUT2D eigenvalue weighted by Gasteiger charge is -2.23. The van der Waals surface area contributed by atoms with Crippen LogP contribution in [0.1, 0.15) is 28.9 Å². The predicted molar refractivity (Wildman–Crippen MR) is 76.6 cm³/mol. The van der Waals surface area contributed by atoms with Crippen molar-refractivity contribution in [3.8, 4) is 0 Å². The molecule has 1 amide bonds. The van der Waals surface area contributed by atoms with E-state index in [1.807, 2.05) is 20.0 Å². The van der Waals surface area contributed by atoms with Gasteiger partial charge in [0.05, 0.1) is 17.1 Å². The van der Waals surface area contributed by atoms with Gasteiger partial charge in [-0.2, -0.15) is 5.10 Å². The molecular weight excluding hydrogens is 254 g/mol. The molecule has 1 atom stereocenters. The third-order valence-corrected chi connectivity index (χ3v) is 3.71. The van der Waals surface area contributed by atoms with Gasteiger partial charge in [-0.05, 0) is 32.4 Å². The van der Waals surface area contributed by atoms with Gasteiger partial charge in [0.2, 0.25) is 0 Å². The van der Waals surface area contributed by atoms with Crippen LogP contribution in [0.4, 0.5) is 0 Å². The molecule has 3 rings (SSSR count). The highest BCUT2D eigenvalue weighted by Gasteiger charge is 2.19. The normalized spacial score (nSPS) is 19.2.